The number of thiazole rings is 1. The van der Waals surface area contributed by atoms with Gasteiger partial charge in [0.1, 0.15) is 24.4 Å². The van der Waals surface area contributed by atoms with Crippen molar-refractivity contribution in [3.63, 3.8) is 0 Å². The Morgan fingerprint density at radius 2 is 1.92 bits per heavy atom. The van der Waals surface area contributed by atoms with Crippen molar-refractivity contribution in [2.45, 2.75) is 39.3 Å². The van der Waals surface area contributed by atoms with Gasteiger partial charge in [0.05, 0.1) is 7.11 Å². The molecule has 0 aromatic carbocycles. The van der Waals surface area contributed by atoms with Crippen molar-refractivity contribution in [2.75, 3.05) is 19.5 Å². The quantitative estimate of drug-likeness (QED) is 0.431. The Labute approximate surface area is 154 Å². The topological polar surface area (TPSA) is 128 Å². The van der Waals surface area contributed by atoms with E-state index >= 15 is 0 Å². The average Bonchev–Trinajstić information content (AvgIpc) is 2.97. The molecule has 10 nitrogen and oxygen atoms in total. The van der Waals surface area contributed by atoms with E-state index in [-0.39, 0.29) is 16.5 Å². The third-order valence-electron chi connectivity index (χ3n) is 2.66. The number of methoxy groups -OCH3 is 1. The van der Waals surface area contributed by atoms with Crippen LogP contribution in [0.2, 0.25) is 0 Å². The van der Waals surface area contributed by atoms with Crippen LogP contribution in [0.25, 0.3) is 0 Å². The molecule has 1 heterocycles. The number of hydrogen-bond donors (Lipinski definition) is 2. The molecule has 0 radical (unpaired) electrons. The molecule has 1 aromatic heterocycles. The molecule has 1 atom stereocenters. The summed E-state index contributed by atoms with van der Waals surface area (Å²) in [7, 11) is 2.48. The minimum absolute atomic E-state index is 0.133. The maximum Gasteiger partial charge on any atom is 0.408 e. The number of ether oxygens (including phenoxy) is 2. The minimum Gasteiger partial charge on any atom is -0.464 e. The third-order valence-corrected chi connectivity index (χ3v) is 3.42. The summed E-state index contributed by atoms with van der Waals surface area (Å²) in [6.07, 6.45) is -0.708. The summed E-state index contributed by atoms with van der Waals surface area (Å²) < 4.78 is 9.68. The van der Waals surface area contributed by atoms with Crippen LogP contribution in [-0.4, -0.2) is 54.5 Å². The van der Waals surface area contributed by atoms with E-state index in [1.165, 1.54) is 26.5 Å². The van der Waals surface area contributed by atoms with Crippen LogP contribution >= 0.6 is 11.3 Å². The number of rotatable bonds is 6. The first-order valence-electron chi connectivity index (χ1n) is 7.53. The van der Waals surface area contributed by atoms with E-state index in [9.17, 15) is 14.4 Å². The fourth-order valence-corrected chi connectivity index (χ4v) is 2.28. The Balaban J connectivity index is 2.73. The zero-order chi connectivity index (χ0) is 19.9. The second-order valence-electron chi connectivity index (χ2n) is 6.01. The highest BCUT2D eigenvalue weighted by atomic mass is 32.1. The highest BCUT2D eigenvalue weighted by Crippen LogP contribution is 2.17. The van der Waals surface area contributed by atoms with E-state index in [4.69, 9.17) is 4.74 Å². The fourth-order valence-electron chi connectivity index (χ4n) is 1.58. The second-order valence-corrected chi connectivity index (χ2v) is 6.87. The van der Waals surface area contributed by atoms with Gasteiger partial charge in [-0.15, -0.1) is 11.3 Å². The molecule has 11 heteroatoms. The lowest BCUT2D eigenvalue weighted by Crippen LogP contribution is -2.43. The second kappa shape index (κ2) is 9.13. The Morgan fingerprint density at radius 3 is 2.46 bits per heavy atom. The first kappa shape index (κ1) is 21.4. The van der Waals surface area contributed by atoms with Crippen LogP contribution in [0.4, 0.5) is 9.93 Å². The molecule has 0 fully saturated rings. The van der Waals surface area contributed by atoms with Crippen LogP contribution in [-0.2, 0) is 23.9 Å². The number of carbonyl (C=O) groups excluding carboxylic acids is 3. The van der Waals surface area contributed by atoms with Gasteiger partial charge in [-0.25, -0.2) is 14.6 Å². The molecule has 0 bridgehead atoms. The number of aromatic nitrogens is 1. The van der Waals surface area contributed by atoms with Gasteiger partial charge in [0.2, 0.25) is 11.6 Å². The Bertz CT molecular complexity index is 695. The van der Waals surface area contributed by atoms with Crippen molar-refractivity contribution < 1.29 is 28.7 Å². The molecule has 1 aromatic rings. The number of amides is 2. The van der Waals surface area contributed by atoms with E-state index in [0.29, 0.717) is 0 Å². The number of oxime groups is 1. The lowest BCUT2D eigenvalue weighted by molar-refractivity contribution is -0.132. The van der Waals surface area contributed by atoms with Gasteiger partial charge in [-0.05, 0) is 27.7 Å². The normalized spacial score (nSPS) is 12.8. The van der Waals surface area contributed by atoms with Gasteiger partial charge in [-0.2, -0.15) is 0 Å². The number of hydrogen-bond acceptors (Lipinski definition) is 9. The summed E-state index contributed by atoms with van der Waals surface area (Å²) in [4.78, 5) is 44.2. The molecule has 2 N–H and O–H groups in total. The van der Waals surface area contributed by atoms with Crippen molar-refractivity contribution in [1.82, 2.24) is 10.3 Å². The van der Waals surface area contributed by atoms with Crippen LogP contribution in [0.1, 0.15) is 33.4 Å². The standard InChI is InChI=1S/C15H22N4O6S/c1-8(16-14(22)25-15(2,3)4)11(20)18-13-17-9(7-26-13)10(19-24-6)12(21)23-5/h7-8H,1-6H3,(H,16,22)(H,17,18,20)/t8-/m0/s1. The molecule has 0 spiro atoms. The van der Waals surface area contributed by atoms with Gasteiger partial charge in [0.15, 0.2) is 5.13 Å². The SMILES string of the molecule is CON=C(C(=O)OC)c1csc(NC(=O)[C@H](C)NC(=O)OC(C)(C)C)n1. The largest absolute Gasteiger partial charge is 0.464 e. The number of alkyl carbamates (subject to hydrolysis) is 1. The van der Waals surface area contributed by atoms with Crippen molar-refractivity contribution in [1.29, 1.82) is 0 Å². The van der Waals surface area contributed by atoms with Gasteiger partial charge in [0.25, 0.3) is 0 Å². The van der Waals surface area contributed by atoms with E-state index < -0.39 is 29.6 Å². The molecule has 0 unspecified atom stereocenters. The number of esters is 1. The molecule has 0 saturated heterocycles. The zero-order valence-electron chi connectivity index (χ0n) is 15.4. The maximum atomic E-state index is 12.1. The molecule has 144 valence electrons. The van der Waals surface area contributed by atoms with E-state index in [2.05, 4.69) is 30.3 Å². The zero-order valence-corrected chi connectivity index (χ0v) is 16.2. The van der Waals surface area contributed by atoms with Crippen LogP contribution in [0.3, 0.4) is 0 Å². The lowest BCUT2D eigenvalue weighted by atomic mass is 10.2. The van der Waals surface area contributed by atoms with Crippen molar-refractivity contribution in [3.8, 4) is 0 Å². The number of carbonyl (C=O) groups is 3. The van der Waals surface area contributed by atoms with Gasteiger partial charge in [0, 0.05) is 5.38 Å². The molecule has 0 aliphatic heterocycles. The summed E-state index contributed by atoms with van der Waals surface area (Å²) in [6, 6.07) is -0.857. The van der Waals surface area contributed by atoms with Gasteiger partial charge >= 0.3 is 12.1 Å². The lowest BCUT2D eigenvalue weighted by Gasteiger charge is -2.21. The highest BCUT2D eigenvalue weighted by Gasteiger charge is 2.23. The Hall–Kier alpha value is -2.69. The minimum atomic E-state index is -0.857. The van der Waals surface area contributed by atoms with Crippen molar-refractivity contribution in [3.05, 3.63) is 11.1 Å². The van der Waals surface area contributed by atoms with Crippen molar-refractivity contribution in [2.24, 2.45) is 5.16 Å². The van der Waals surface area contributed by atoms with Gasteiger partial charge in [-0.3, -0.25) is 4.79 Å². The predicted octanol–water partition coefficient (Wildman–Crippen LogP) is 1.52. The monoisotopic (exact) mass is 386 g/mol. The predicted molar refractivity (Wildman–Crippen MR) is 95.1 cm³/mol. The van der Waals surface area contributed by atoms with Gasteiger partial charge in [-0.1, -0.05) is 5.16 Å². The first-order valence-corrected chi connectivity index (χ1v) is 8.41. The van der Waals surface area contributed by atoms with Crippen LogP contribution in [0.5, 0.6) is 0 Å². The van der Waals surface area contributed by atoms with Gasteiger partial charge < -0.3 is 24.9 Å². The number of nitrogens with zero attached hydrogens (tertiary/aromatic N) is 2. The third kappa shape index (κ3) is 6.67. The maximum absolute atomic E-state index is 12.1. The Morgan fingerprint density at radius 1 is 1.27 bits per heavy atom. The van der Waals surface area contributed by atoms with E-state index in [1.54, 1.807) is 20.8 Å². The highest BCUT2D eigenvalue weighted by molar-refractivity contribution is 7.14. The van der Waals surface area contributed by atoms with E-state index in [1.807, 2.05) is 0 Å². The molecule has 0 aliphatic carbocycles. The van der Waals surface area contributed by atoms with E-state index in [0.717, 1.165) is 11.3 Å². The van der Waals surface area contributed by atoms with Crippen LogP contribution in [0, 0.1) is 0 Å². The summed E-state index contributed by atoms with van der Waals surface area (Å²) in [6.45, 7) is 6.65. The van der Waals surface area contributed by atoms with Crippen LogP contribution < -0.4 is 10.6 Å². The summed E-state index contributed by atoms with van der Waals surface area (Å²) >= 11 is 1.08. The number of nitrogens with one attached hydrogen (secondary N) is 2. The molecule has 2 amide bonds. The first-order chi connectivity index (χ1) is 12.1. The molecule has 0 saturated carbocycles. The molecule has 1 rings (SSSR count). The molecule has 0 aliphatic rings. The van der Waals surface area contributed by atoms with Crippen molar-refractivity contribution >= 4 is 40.1 Å². The summed E-state index contributed by atoms with van der Waals surface area (Å²) in [5.74, 6) is -1.23. The summed E-state index contributed by atoms with van der Waals surface area (Å²) in [5, 5.41) is 10.2. The Kier molecular flexibility index (Phi) is 7.50. The molecular formula is C15H22N4O6S. The average molecular weight is 386 g/mol. The molecule has 26 heavy (non-hydrogen) atoms. The number of anilines is 1. The smallest absolute Gasteiger partial charge is 0.408 e. The molecular weight excluding hydrogens is 364 g/mol. The fraction of sp³-hybridized carbons (Fsp3) is 0.533. The van der Waals surface area contributed by atoms with Crippen LogP contribution in [0.15, 0.2) is 10.5 Å². The summed E-state index contributed by atoms with van der Waals surface area (Å²) in [5.41, 5.74) is -0.617.